The minimum atomic E-state index is -0.105. The van der Waals surface area contributed by atoms with Crippen molar-refractivity contribution in [1.29, 1.82) is 0 Å². The summed E-state index contributed by atoms with van der Waals surface area (Å²) in [6, 6.07) is 7.89. The topological polar surface area (TPSA) is 68.0 Å². The van der Waals surface area contributed by atoms with Gasteiger partial charge in [0.25, 0.3) is 5.91 Å². The van der Waals surface area contributed by atoms with Crippen molar-refractivity contribution in [1.82, 2.24) is 10.3 Å². The number of hydrogen-bond donors (Lipinski definition) is 2. The monoisotopic (exact) mass is 299 g/mol. The van der Waals surface area contributed by atoms with Crippen molar-refractivity contribution < 1.29 is 4.79 Å². The van der Waals surface area contributed by atoms with Crippen LogP contribution >= 0.6 is 11.3 Å². The van der Waals surface area contributed by atoms with Gasteiger partial charge in [-0.2, -0.15) is 0 Å². The van der Waals surface area contributed by atoms with E-state index in [4.69, 9.17) is 5.73 Å². The van der Waals surface area contributed by atoms with Crippen molar-refractivity contribution >= 4 is 43.9 Å². The maximum atomic E-state index is 12.3. The maximum absolute atomic E-state index is 12.3. The number of nitrogens with two attached hydrogens (primary N) is 1. The molecule has 1 amide bonds. The number of amides is 1. The normalized spacial score (nSPS) is 11.4. The molecule has 5 heteroatoms. The lowest BCUT2D eigenvalue weighted by Gasteiger charge is -2.06. The largest absolute Gasteiger partial charge is 0.397 e. The number of anilines is 1. The third kappa shape index (κ3) is 2.45. The number of nitrogens with one attached hydrogen (secondary N) is 1. The highest BCUT2D eigenvalue weighted by Crippen LogP contribution is 2.37. The Hall–Kier alpha value is -2.14. The third-order valence-electron chi connectivity index (χ3n) is 3.34. The summed E-state index contributed by atoms with van der Waals surface area (Å²) in [6.45, 7) is 4.77. The lowest BCUT2D eigenvalue weighted by molar-refractivity contribution is 0.0954. The van der Waals surface area contributed by atoms with Crippen molar-refractivity contribution in [3.8, 4) is 0 Å². The number of fused-ring (bicyclic) bond motifs is 3. The molecule has 3 N–H and O–H groups in total. The van der Waals surface area contributed by atoms with E-state index in [0.29, 0.717) is 23.0 Å². The summed E-state index contributed by atoms with van der Waals surface area (Å²) in [6.07, 6.45) is 1.75. The Kier molecular flexibility index (Phi) is 3.51. The molecule has 3 rings (SSSR count). The van der Waals surface area contributed by atoms with Gasteiger partial charge in [0.05, 0.1) is 11.2 Å². The molecule has 108 valence electrons. The molecule has 0 atom stereocenters. The quantitative estimate of drug-likeness (QED) is 0.778. The summed E-state index contributed by atoms with van der Waals surface area (Å²) in [5.74, 6) is 0.304. The van der Waals surface area contributed by atoms with Crippen LogP contribution in [0.5, 0.6) is 0 Å². The van der Waals surface area contributed by atoms with Gasteiger partial charge in [0.15, 0.2) is 0 Å². The van der Waals surface area contributed by atoms with Crippen LogP contribution in [0, 0.1) is 5.92 Å². The number of thiophene rings is 1. The summed E-state index contributed by atoms with van der Waals surface area (Å²) in [7, 11) is 0. The highest BCUT2D eigenvalue weighted by molar-refractivity contribution is 7.22. The van der Waals surface area contributed by atoms with Gasteiger partial charge in [0.1, 0.15) is 4.88 Å². The van der Waals surface area contributed by atoms with Crippen molar-refractivity contribution in [3.05, 3.63) is 35.3 Å². The SMILES string of the molecule is CC(C)CNC(=O)c1sc2c(cnc3ccccc32)c1N. The summed E-state index contributed by atoms with van der Waals surface area (Å²) < 4.78 is 1.02. The van der Waals surface area contributed by atoms with Crippen molar-refractivity contribution in [3.63, 3.8) is 0 Å². The molecule has 3 aromatic rings. The molecule has 1 aromatic carbocycles. The number of carbonyl (C=O) groups excluding carboxylic acids is 1. The number of benzene rings is 1. The Balaban J connectivity index is 2.10. The highest BCUT2D eigenvalue weighted by Gasteiger charge is 2.18. The minimum Gasteiger partial charge on any atom is -0.397 e. The summed E-state index contributed by atoms with van der Waals surface area (Å²) in [4.78, 5) is 17.3. The van der Waals surface area contributed by atoms with E-state index in [9.17, 15) is 4.79 Å². The van der Waals surface area contributed by atoms with E-state index in [1.807, 2.05) is 24.3 Å². The molecular weight excluding hydrogens is 282 g/mol. The zero-order chi connectivity index (χ0) is 15.0. The van der Waals surface area contributed by atoms with Gasteiger partial charge in [-0.15, -0.1) is 11.3 Å². The van der Waals surface area contributed by atoms with Gasteiger partial charge in [-0.1, -0.05) is 32.0 Å². The molecule has 0 bridgehead atoms. The van der Waals surface area contributed by atoms with Crippen LogP contribution < -0.4 is 11.1 Å². The predicted octanol–water partition coefficient (Wildman–Crippen LogP) is 3.42. The van der Waals surface area contributed by atoms with Crippen LogP contribution in [0.4, 0.5) is 5.69 Å². The second-order valence-corrected chi connectivity index (χ2v) is 6.49. The number of aromatic nitrogens is 1. The molecule has 0 fully saturated rings. The van der Waals surface area contributed by atoms with Crippen molar-refractivity contribution in [2.24, 2.45) is 5.92 Å². The number of para-hydroxylation sites is 1. The second-order valence-electron chi connectivity index (χ2n) is 5.47. The number of rotatable bonds is 3. The lowest BCUT2D eigenvalue weighted by atomic mass is 10.1. The Morgan fingerprint density at radius 2 is 2.10 bits per heavy atom. The fourth-order valence-corrected chi connectivity index (χ4v) is 3.39. The van der Waals surface area contributed by atoms with E-state index in [1.54, 1.807) is 6.20 Å². The Morgan fingerprint density at radius 1 is 1.33 bits per heavy atom. The van der Waals surface area contributed by atoms with E-state index >= 15 is 0 Å². The van der Waals surface area contributed by atoms with Gasteiger partial charge in [-0.3, -0.25) is 9.78 Å². The Bertz CT molecular complexity index is 823. The van der Waals surface area contributed by atoms with Crippen LogP contribution in [0.1, 0.15) is 23.5 Å². The van der Waals surface area contributed by atoms with E-state index in [2.05, 4.69) is 24.1 Å². The van der Waals surface area contributed by atoms with Crippen LogP contribution in [0.3, 0.4) is 0 Å². The number of nitrogens with zero attached hydrogens (tertiary/aromatic N) is 1. The molecule has 0 saturated heterocycles. The molecule has 0 aliphatic carbocycles. The smallest absolute Gasteiger partial charge is 0.263 e. The first-order valence-corrected chi connectivity index (χ1v) is 7.73. The van der Waals surface area contributed by atoms with Gasteiger partial charge in [-0.25, -0.2) is 0 Å². The standard InChI is InChI=1S/C16H17N3OS/c1-9(2)7-19-16(20)15-13(17)11-8-18-12-6-4-3-5-10(12)14(11)21-15/h3-6,8-9H,7,17H2,1-2H3,(H,19,20). The van der Waals surface area contributed by atoms with Crippen LogP contribution in [0.25, 0.3) is 21.0 Å². The summed E-state index contributed by atoms with van der Waals surface area (Å²) >= 11 is 1.44. The van der Waals surface area contributed by atoms with Crippen molar-refractivity contribution in [2.75, 3.05) is 12.3 Å². The molecule has 0 aliphatic rings. The van der Waals surface area contributed by atoms with E-state index in [0.717, 1.165) is 21.0 Å². The molecule has 0 spiro atoms. The Morgan fingerprint density at radius 3 is 2.86 bits per heavy atom. The van der Waals surface area contributed by atoms with Crippen LogP contribution in [-0.2, 0) is 0 Å². The first kappa shape index (κ1) is 13.8. The first-order chi connectivity index (χ1) is 10.1. The van der Waals surface area contributed by atoms with Gasteiger partial charge in [0.2, 0.25) is 0 Å². The molecule has 2 aromatic heterocycles. The third-order valence-corrected chi connectivity index (χ3v) is 4.60. The van der Waals surface area contributed by atoms with Crippen LogP contribution in [0.2, 0.25) is 0 Å². The fraction of sp³-hybridized carbons (Fsp3) is 0.250. The molecule has 0 unspecified atom stereocenters. The number of nitrogen functional groups attached to an aromatic ring is 1. The van der Waals surface area contributed by atoms with Crippen LogP contribution in [0.15, 0.2) is 30.5 Å². The predicted molar refractivity (Wildman–Crippen MR) is 88.7 cm³/mol. The van der Waals surface area contributed by atoms with Crippen molar-refractivity contribution in [2.45, 2.75) is 13.8 Å². The molecule has 2 heterocycles. The van der Waals surface area contributed by atoms with Gasteiger partial charge in [0, 0.05) is 28.2 Å². The van der Waals surface area contributed by atoms with E-state index < -0.39 is 0 Å². The minimum absolute atomic E-state index is 0.105. The molecule has 0 radical (unpaired) electrons. The molecule has 21 heavy (non-hydrogen) atoms. The average Bonchev–Trinajstić information content (AvgIpc) is 2.82. The zero-order valence-corrected chi connectivity index (χ0v) is 12.8. The molecular formula is C16H17N3OS. The average molecular weight is 299 g/mol. The number of hydrogen-bond acceptors (Lipinski definition) is 4. The van der Waals surface area contributed by atoms with Gasteiger partial charge >= 0.3 is 0 Å². The highest BCUT2D eigenvalue weighted by atomic mass is 32.1. The zero-order valence-electron chi connectivity index (χ0n) is 12.0. The van der Waals surface area contributed by atoms with E-state index in [1.165, 1.54) is 11.3 Å². The maximum Gasteiger partial charge on any atom is 0.263 e. The molecule has 0 aliphatic heterocycles. The number of carbonyl (C=O) groups is 1. The molecule has 0 saturated carbocycles. The first-order valence-electron chi connectivity index (χ1n) is 6.92. The molecule has 4 nitrogen and oxygen atoms in total. The van der Waals surface area contributed by atoms with Gasteiger partial charge in [-0.05, 0) is 12.0 Å². The lowest BCUT2D eigenvalue weighted by Crippen LogP contribution is -2.27. The van der Waals surface area contributed by atoms with E-state index in [-0.39, 0.29) is 5.91 Å². The van der Waals surface area contributed by atoms with Crippen LogP contribution in [-0.4, -0.2) is 17.4 Å². The summed E-state index contributed by atoms with van der Waals surface area (Å²) in [5.41, 5.74) is 7.59. The summed E-state index contributed by atoms with van der Waals surface area (Å²) in [5, 5.41) is 4.81. The number of pyridine rings is 1. The van der Waals surface area contributed by atoms with Gasteiger partial charge < -0.3 is 11.1 Å². The Labute approximate surface area is 127 Å². The fourth-order valence-electron chi connectivity index (χ4n) is 2.24. The second kappa shape index (κ2) is 5.33.